The third-order valence-electron chi connectivity index (χ3n) is 2.96. The highest BCUT2D eigenvalue weighted by Gasteiger charge is 2.31. The van der Waals surface area contributed by atoms with Crippen LogP contribution in [0.15, 0.2) is 24.3 Å². The third kappa shape index (κ3) is 5.54. The van der Waals surface area contributed by atoms with Crippen molar-refractivity contribution >= 4 is 43.5 Å². The molecule has 0 radical (unpaired) electrons. The highest BCUT2D eigenvalue weighted by Crippen LogP contribution is 2.33. The van der Waals surface area contributed by atoms with Crippen LogP contribution in [0.4, 0.5) is 13.2 Å². The van der Waals surface area contributed by atoms with Gasteiger partial charge in [0.25, 0.3) is 0 Å². The summed E-state index contributed by atoms with van der Waals surface area (Å²) in [5.74, 6) is 0. The van der Waals surface area contributed by atoms with Gasteiger partial charge < -0.3 is 4.74 Å². The van der Waals surface area contributed by atoms with Crippen molar-refractivity contribution in [1.82, 2.24) is 0 Å². The fourth-order valence-corrected chi connectivity index (χ4v) is 3.99. The molecule has 1 nitrogen and oxygen atoms in total. The van der Waals surface area contributed by atoms with Crippen LogP contribution in [0.2, 0.25) is 5.02 Å². The number of benzene rings is 1. The summed E-state index contributed by atoms with van der Waals surface area (Å²) in [6, 6.07) is 7.31. The van der Waals surface area contributed by atoms with Gasteiger partial charge in [0.2, 0.25) is 0 Å². The molecule has 1 aromatic rings. The van der Waals surface area contributed by atoms with E-state index in [0.717, 1.165) is 5.56 Å². The van der Waals surface area contributed by atoms with Gasteiger partial charge >= 0.3 is 6.18 Å². The van der Waals surface area contributed by atoms with Gasteiger partial charge in [0.15, 0.2) is 0 Å². The molecule has 0 unspecified atom stereocenters. The van der Waals surface area contributed by atoms with E-state index in [0.29, 0.717) is 22.1 Å². The van der Waals surface area contributed by atoms with E-state index in [1.54, 1.807) is 12.1 Å². The number of ether oxygens (including phenoxy) is 1. The average Bonchev–Trinajstić information content (AvgIpc) is 2.40. The van der Waals surface area contributed by atoms with Gasteiger partial charge in [-0.2, -0.15) is 13.2 Å². The van der Waals surface area contributed by atoms with Crippen LogP contribution in [0, 0.1) is 0 Å². The zero-order chi connectivity index (χ0) is 15.2. The number of alkyl halides is 5. The Balaban J connectivity index is 2.69. The standard InChI is InChI=1S/C13H14Br2ClF3O/c14-7-12(8-15,5-6-20-9-13(17,18)19)10-1-3-11(16)4-2-10/h1-4H,5-9H2. The molecule has 1 aromatic carbocycles. The van der Waals surface area contributed by atoms with E-state index in [4.69, 9.17) is 16.3 Å². The first-order chi connectivity index (χ1) is 9.33. The molecule has 0 aliphatic carbocycles. The molecule has 20 heavy (non-hydrogen) atoms. The lowest BCUT2D eigenvalue weighted by atomic mass is 9.82. The molecule has 0 aliphatic heterocycles. The first kappa shape index (κ1) is 18.3. The minimum Gasteiger partial charge on any atom is -0.372 e. The summed E-state index contributed by atoms with van der Waals surface area (Å²) in [7, 11) is 0. The lowest BCUT2D eigenvalue weighted by Gasteiger charge is -2.30. The van der Waals surface area contributed by atoms with Crippen molar-refractivity contribution in [3.63, 3.8) is 0 Å². The molecule has 0 saturated carbocycles. The molecule has 0 aromatic heterocycles. The second-order valence-corrected chi connectivity index (χ2v) is 6.03. The fourth-order valence-electron chi connectivity index (χ4n) is 1.73. The predicted octanol–water partition coefficient (Wildman–Crippen LogP) is 5.34. The topological polar surface area (TPSA) is 9.23 Å². The summed E-state index contributed by atoms with van der Waals surface area (Å²) >= 11 is 12.7. The molecule has 0 atom stereocenters. The molecular weight excluding hydrogens is 424 g/mol. The molecule has 0 saturated heterocycles. The maximum absolute atomic E-state index is 12.0. The van der Waals surface area contributed by atoms with Crippen LogP contribution in [0.5, 0.6) is 0 Å². The van der Waals surface area contributed by atoms with Crippen molar-refractivity contribution in [3.8, 4) is 0 Å². The van der Waals surface area contributed by atoms with Gasteiger partial charge in [-0.25, -0.2) is 0 Å². The summed E-state index contributed by atoms with van der Waals surface area (Å²) in [6.45, 7) is -1.17. The Labute approximate surface area is 138 Å². The van der Waals surface area contributed by atoms with Crippen molar-refractivity contribution in [2.24, 2.45) is 0 Å². The monoisotopic (exact) mass is 436 g/mol. The maximum atomic E-state index is 12.0. The molecule has 7 heteroatoms. The minimum atomic E-state index is -4.29. The van der Waals surface area contributed by atoms with Crippen LogP contribution < -0.4 is 0 Å². The number of halogens is 6. The Kier molecular flexibility index (Phi) is 7.32. The molecule has 1 rings (SSSR count). The number of rotatable bonds is 7. The highest BCUT2D eigenvalue weighted by molar-refractivity contribution is 9.09. The van der Waals surface area contributed by atoms with E-state index in [1.807, 2.05) is 12.1 Å². The van der Waals surface area contributed by atoms with Crippen molar-refractivity contribution < 1.29 is 17.9 Å². The number of hydrogen-bond donors (Lipinski definition) is 0. The Morgan fingerprint density at radius 2 is 1.60 bits per heavy atom. The molecule has 0 N–H and O–H groups in total. The van der Waals surface area contributed by atoms with E-state index in [9.17, 15) is 13.2 Å². The SMILES string of the molecule is FC(F)(F)COCCC(CBr)(CBr)c1ccc(Cl)cc1. The first-order valence-electron chi connectivity index (χ1n) is 5.85. The molecule has 0 spiro atoms. The van der Waals surface area contributed by atoms with Crippen molar-refractivity contribution in [2.75, 3.05) is 23.9 Å². The first-order valence-corrected chi connectivity index (χ1v) is 8.47. The Bertz CT molecular complexity index is 405. The summed E-state index contributed by atoms with van der Waals surface area (Å²) in [5.41, 5.74) is 0.683. The van der Waals surface area contributed by atoms with Crippen molar-refractivity contribution in [1.29, 1.82) is 0 Å². The zero-order valence-corrected chi connectivity index (χ0v) is 14.4. The largest absolute Gasteiger partial charge is 0.411 e. The Morgan fingerprint density at radius 3 is 2.05 bits per heavy atom. The second kappa shape index (κ2) is 8.01. The summed E-state index contributed by atoms with van der Waals surface area (Å²) in [5, 5.41) is 1.85. The van der Waals surface area contributed by atoms with Crippen molar-refractivity contribution in [2.45, 2.75) is 18.0 Å². The summed E-state index contributed by atoms with van der Waals surface area (Å²) in [4.78, 5) is 0. The lowest BCUT2D eigenvalue weighted by Crippen LogP contribution is -2.32. The van der Waals surface area contributed by atoms with Gasteiger partial charge in [-0.1, -0.05) is 55.6 Å². The van der Waals surface area contributed by atoms with E-state index >= 15 is 0 Å². The molecular formula is C13H14Br2ClF3O. The minimum absolute atomic E-state index is 0.0410. The van der Waals surface area contributed by atoms with Gasteiger partial charge in [0.1, 0.15) is 6.61 Å². The van der Waals surface area contributed by atoms with Gasteiger partial charge in [-0.05, 0) is 24.1 Å². The fraction of sp³-hybridized carbons (Fsp3) is 0.538. The Morgan fingerprint density at radius 1 is 1.05 bits per heavy atom. The van der Waals surface area contributed by atoms with Crippen molar-refractivity contribution in [3.05, 3.63) is 34.9 Å². The molecule has 0 heterocycles. The Hall–Kier alpha value is 0.220. The van der Waals surface area contributed by atoms with Gasteiger partial charge in [-0.15, -0.1) is 0 Å². The van der Waals surface area contributed by atoms with E-state index < -0.39 is 12.8 Å². The molecule has 0 aliphatic rings. The molecule has 0 fully saturated rings. The van der Waals surface area contributed by atoms with Crippen LogP contribution in [0.1, 0.15) is 12.0 Å². The summed E-state index contributed by atoms with van der Waals surface area (Å²) < 4.78 is 40.9. The van der Waals surface area contributed by atoms with E-state index in [2.05, 4.69) is 31.9 Å². The van der Waals surface area contributed by atoms with Crippen LogP contribution in [0.25, 0.3) is 0 Å². The van der Waals surface area contributed by atoms with Gasteiger partial charge in [0, 0.05) is 27.7 Å². The normalized spacial score (nSPS) is 12.7. The number of hydrogen-bond acceptors (Lipinski definition) is 1. The van der Waals surface area contributed by atoms with Gasteiger partial charge in [0.05, 0.1) is 0 Å². The van der Waals surface area contributed by atoms with E-state index in [1.165, 1.54) is 0 Å². The van der Waals surface area contributed by atoms with E-state index in [-0.39, 0.29) is 12.0 Å². The quantitative estimate of drug-likeness (QED) is 0.413. The van der Waals surface area contributed by atoms with Crippen LogP contribution in [0.3, 0.4) is 0 Å². The van der Waals surface area contributed by atoms with Gasteiger partial charge in [-0.3, -0.25) is 0 Å². The predicted molar refractivity (Wildman–Crippen MR) is 82.2 cm³/mol. The molecule has 0 amide bonds. The lowest BCUT2D eigenvalue weighted by molar-refractivity contribution is -0.174. The van der Waals surface area contributed by atoms with Crippen LogP contribution >= 0.6 is 43.5 Å². The second-order valence-electron chi connectivity index (χ2n) is 4.47. The summed E-state index contributed by atoms with van der Waals surface area (Å²) in [6.07, 6.45) is -3.81. The third-order valence-corrected chi connectivity index (χ3v) is 5.36. The maximum Gasteiger partial charge on any atom is 0.411 e. The highest BCUT2D eigenvalue weighted by atomic mass is 79.9. The van der Waals surface area contributed by atoms with Crippen LogP contribution in [-0.4, -0.2) is 30.1 Å². The molecule has 114 valence electrons. The molecule has 0 bridgehead atoms. The zero-order valence-electron chi connectivity index (χ0n) is 10.5. The smallest absolute Gasteiger partial charge is 0.372 e. The van der Waals surface area contributed by atoms with Crippen LogP contribution in [-0.2, 0) is 10.2 Å². The average molecular weight is 439 g/mol.